The number of nitrogens with one attached hydrogen (secondary N) is 1. The molecule has 2 aliphatic rings. The van der Waals surface area contributed by atoms with Crippen molar-refractivity contribution in [3.05, 3.63) is 17.5 Å². The van der Waals surface area contributed by atoms with Crippen molar-refractivity contribution in [2.45, 2.75) is 32.2 Å². The van der Waals surface area contributed by atoms with Gasteiger partial charge in [0.15, 0.2) is 0 Å². The van der Waals surface area contributed by atoms with Crippen LogP contribution in [0.5, 0.6) is 0 Å². The molecule has 1 aliphatic carbocycles. The van der Waals surface area contributed by atoms with E-state index >= 15 is 0 Å². The summed E-state index contributed by atoms with van der Waals surface area (Å²) in [6, 6.07) is 2.08. The quantitative estimate of drug-likeness (QED) is 0.776. The molecule has 3 unspecified atom stereocenters. The van der Waals surface area contributed by atoms with Gasteiger partial charge in [-0.15, -0.1) is 0 Å². The Labute approximate surface area is 107 Å². The zero-order valence-electron chi connectivity index (χ0n) is 10.7. The molecule has 1 saturated heterocycles. The molecule has 3 N–H and O–H groups in total. The molecule has 3 atom stereocenters. The number of hydrogen-bond acceptors (Lipinski definition) is 3. The van der Waals surface area contributed by atoms with Gasteiger partial charge in [0.05, 0.1) is 0 Å². The molecule has 18 heavy (non-hydrogen) atoms. The van der Waals surface area contributed by atoms with Crippen LogP contribution in [0.1, 0.15) is 35.4 Å². The first-order valence-electron chi connectivity index (χ1n) is 6.72. The fourth-order valence-electron chi connectivity index (χ4n) is 3.37. The third kappa shape index (κ3) is 1.92. The van der Waals surface area contributed by atoms with E-state index in [9.17, 15) is 4.79 Å². The van der Waals surface area contributed by atoms with E-state index in [-0.39, 0.29) is 11.9 Å². The van der Waals surface area contributed by atoms with E-state index in [2.05, 4.69) is 10.2 Å². The second-order valence-corrected chi connectivity index (χ2v) is 5.67. The fraction of sp³-hybridized carbons (Fsp3) is 0.692. The number of aromatic nitrogens is 2. The molecule has 0 radical (unpaired) electrons. The number of amides is 1. The van der Waals surface area contributed by atoms with Gasteiger partial charge in [0.2, 0.25) is 0 Å². The minimum atomic E-state index is 0.0425. The van der Waals surface area contributed by atoms with E-state index in [1.807, 2.05) is 17.9 Å². The number of likely N-dealkylation sites (tertiary alicyclic amines) is 1. The molecule has 1 saturated carbocycles. The van der Waals surface area contributed by atoms with Gasteiger partial charge in [-0.25, -0.2) is 0 Å². The summed E-state index contributed by atoms with van der Waals surface area (Å²) in [6.07, 6.45) is 3.51. The van der Waals surface area contributed by atoms with Crippen molar-refractivity contribution in [3.63, 3.8) is 0 Å². The lowest BCUT2D eigenvalue weighted by Crippen LogP contribution is -2.38. The van der Waals surface area contributed by atoms with Crippen LogP contribution in [0.2, 0.25) is 0 Å². The molecule has 0 aromatic carbocycles. The van der Waals surface area contributed by atoms with Gasteiger partial charge in [0.25, 0.3) is 5.91 Å². The Hall–Kier alpha value is -1.36. The van der Waals surface area contributed by atoms with E-state index in [0.717, 1.165) is 25.2 Å². The highest BCUT2D eigenvalue weighted by Crippen LogP contribution is 2.35. The Morgan fingerprint density at radius 1 is 1.50 bits per heavy atom. The van der Waals surface area contributed by atoms with Crippen LogP contribution >= 0.6 is 0 Å². The fourth-order valence-corrected chi connectivity index (χ4v) is 3.37. The van der Waals surface area contributed by atoms with Gasteiger partial charge in [-0.1, -0.05) is 6.42 Å². The van der Waals surface area contributed by atoms with Crippen LogP contribution in [0.15, 0.2) is 6.07 Å². The Morgan fingerprint density at radius 2 is 2.33 bits per heavy atom. The molecule has 3 rings (SSSR count). The largest absolute Gasteiger partial charge is 0.337 e. The van der Waals surface area contributed by atoms with Gasteiger partial charge in [-0.2, -0.15) is 5.10 Å². The zero-order valence-corrected chi connectivity index (χ0v) is 10.7. The molecular weight excluding hydrogens is 228 g/mol. The van der Waals surface area contributed by atoms with Crippen molar-refractivity contribution in [1.82, 2.24) is 15.1 Å². The lowest BCUT2D eigenvalue weighted by molar-refractivity contribution is 0.0777. The van der Waals surface area contributed by atoms with Crippen LogP contribution in [0, 0.1) is 18.8 Å². The predicted molar refractivity (Wildman–Crippen MR) is 68.0 cm³/mol. The molecule has 2 fully saturated rings. The highest BCUT2D eigenvalue weighted by Gasteiger charge is 2.40. The number of aromatic amines is 1. The summed E-state index contributed by atoms with van der Waals surface area (Å²) in [5, 5.41) is 6.87. The topological polar surface area (TPSA) is 75.0 Å². The number of carbonyl (C=O) groups excluding carboxylic acids is 1. The number of carbonyl (C=O) groups is 1. The van der Waals surface area contributed by atoms with Gasteiger partial charge < -0.3 is 10.6 Å². The number of fused-ring (bicyclic) bond motifs is 1. The summed E-state index contributed by atoms with van der Waals surface area (Å²) in [6.45, 7) is 3.56. The molecule has 2 heterocycles. The van der Waals surface area contributed by atoms with Crippen LogP contribution in [0.3, 0.4) is 0 Å². The summed E-state index contributed by atoms with van der Waals surface area (Å²) < 4.78 is 0. The maximum atomic E-state index is 12.3. The van der Waals surface area contributed by atoms with Crippen molar-refractivity contribution in [2.24, 2.45) is 17.6 Å². The molecule has 1 aromatic heterocycles. The maximum Gasteiger partial charge on any atom is 0.274 e. The number of nitrogens with zero attached hydrogens (tertiary/aromatic N) is 2. The van der Waals surface area contributed by atoms with Crippen molar-refractivity contribution >= 4 is 5.91 Å². The lowest BCUT2D eigenvalue weighted by Gasteiger charge is -2.29. The summed E-state index contributed by atoms with van der Waals surface area (Å²) in [7, 11) is 0. The number of rotatable bonds is 1. The highest BCUT2D eigenvalue weighted by molar-refractivity contribution is 5.92. The highest BCUT2D eigenvalue weighted by atomic mass is 16.2. The second-order valence-electron chi connectivity index (χ2n) is 5.67. The molecule has 98 valence electrons. The van der Waals surface area contributed by atoms with Crippen LogP contribution in [-0.2, 0) is 0 Å². The van der Waals surface area contributed by atoms with Crippen LogP contribution in [0.25, 0.3) is 0 Å². The molecule has 1 amide bonds. The van der Waals surface area contributed by atoms with Gasteiger partial charge >= 0.3 is 0 Å². The minimum absolute atomic E-state index is 0.0425. The first-order valence-corrected chi connectivity index (χ1v) is 6.72. The van der Waals surface area contributed by atoms with E-state index in [4.69, 9.17) is 5.73 Å². The Kier molecular flexibility index (Phi) is 2.86. The van der Waals surface area contributed by atoms with Crippen molar-refractivity contribution in [1.29, 1.82) is 0 Å². The SMILES string of the molecule is Cc1cc(C(=O)N2CC3CCCC(N)C3C2)n[nH]1. The normalized spacial score (nSPS) is 31.4. The second kappa shape index (κ2) is 4.39. The number of hydrogen-bond donors (Lipinski definition) is 2. The molecule has 5 heteroatoms. The molecule has 0 spiro atoms. The van der Waals surface area contributed by atoms with Crippen LogP contribution in [-0.4, -0.2) is 40.1 Å². The number of H-pyrrole nitrogens is 1. The van der Waals surface area contributed by atoms with E-state index < -0.39 is 0 Å². The van der Waals surface area contributed by atoms with Gasteiger partial charge in [0, 0.05) is 24.8 Å². The molecule has 0 bridgehead atoms. The van der Waals surface area contributed by atoms with Gasteiger partial charge in [-0.3, -0.25) is 9.89 Å². The number of aryl methyl sites for hydroxylation is 1. The molecule has 1 aliphatic heterocycles. The summed E-state index contributed by atoms with van der Waals surface area (Å²) >= 11 is 0. The number of nitrogens with two attached hydrogens (primary N) is 1. The Morgan fingerprint density at radius 3 is 3.00 bits per heavy atom. The van der Waals surface area contributed by atoms with Crippen molar-refractivity contribution in [3.8, 4) is 0 Å². The summed E-state index contributed by atoms with van der Waals surface area (Å²) in [4.78, 5) is 14.2. The standard InChI is InChI=1S/C13H20N4O/c1-8-5-12(16-15-8)13(18)17-6-9-3-2-4-11(14)10(9)7-17/h5,9-11H,2-4,6-7,14H2,1H3,(H,15,16). The van der Waals surface area contributed by atoms with E-state index in [0.29, 0.717) is 17.5 Å². The third-order valence-corrected chi connectivity index (χ3v) is 4.37. The van der Waals surface area contributed by atoms with Crippen molar-refractivity contribution in [2.75, 3.05) is 13.1 Å². The maximum absolute atomic E-state index is 12.3. The monoisotopic (exact) mass is 248 g/mol. The summed E-state index contributed by atoms with van der Waals surface area (Å²) in [5.74, 6) is 1.13. The lowest BCUT2D eigenvalue weighted by atomic mass is 9.78. The van der Waals surface area contributed by atoms with Crippen LogP contribution in [0.4, 0.5) is 0 Å². The smallest absolute Gasteiger partial charge is 0.274 e. The first-order chi connectivity index (χ1) is 8.65. The zero-order chi connectivity index (χ0) is 12.7. The average molecular weight is 248 g/mol. The van der Waals surface area contributed by atoms with E-state index in [1.54, 1.807) is 0 Å². The average Bonchev–Trinajstić information content (AvgIpc) is 2.95. The third-order valence-electron chi connectivity index (χ3n) is 4.37. The minimum Gasteiger partial charge on any atom is -0.337 e. The first kappa shape index (κ1) is 11.7. The Bertz CT molecular complexity index is 456. The molecule has 5 nitrogen and oxygen atoms in total. The molecular formula is C13H20N4O. The van der Waals surface area contributed by atoms with Crippen molar-refractivity contribution < 1.29 is 4.79 Å². The van der Waals surface area contributed by atoms with Crippen LogP contribution < -0.4 is 5.73 Å². The summed E-state index contributed by atoms with van der Waals surface area (Å²) in [5.41, 5.74) is 7.62. The molecule has 1 aromatic rings. The van der Waals surface area contributed by atoms with E-state index in [1.165, 1.54) is 12.8 Å². The Balaban J connectivity index is 1.73. The van der Waals surface area contributed by atoms with Gasteiger partial charge in [-0.05, 0) is 37.7 Å². The predicted octanol–water partition coefficient (Wildman–Crippen LogP) is 0.918. The van der Waals surface area contributed by atoms with Gasteiger partial charge in [0.1, 0.15) is 5.69 Å².